The van der Waals surface area contributed by atoms with Gasteiger partial charge in [-0.05, 0) is 18.6 Å². The molecule has 0 aliphatic heterocycles. The van der Waals surface area contributed by atoms with E-state index in [1.165, 1.54) is 0 Å². The van der Waals surface area contributed by atoms with Gasteiger partial charge >= 0.3 is 0 Å². The molecule has 0 N–H and O–H groups in total. The van der Waals surface area contributed by atoms with E-state index in [1.807, 2.05) is 28.8 Å². The fraction of sp³-hybridized carbons (Fsp3) is 0.333. The largest absolute Gasteiger partial charge is 0.305 e. The maximum Gasteiger partial charge on any atom is 0.178 e. The standard InChI is InChI=1S/C12H12N3/c1-2-5-10(8-13)15-9-14-11-6-3-4-7-12(11)15/h3-4,6-7,10H,2,5H2,1H3. The monoisotopic (exact) mass is 198 g/mol. The second-order valence-electron chi connectivity index (χ2n) is 3.50. The third-order valence-electron chi connectivity index (χ3n) is 2.44. The summed E-state index contributed by atoms with van der Waals surface area (Å²) in [4.78, 5) is 4.16. The summed E-state index contributed by atoms with van der Waals surface area (Å²) in [5.41, 5.74) is 1.88. The number of rotatable bonds is 3. The molecule has 0 saturated heterocycles. The van der Waals surface area contributed by atoms with Crippen molar-refractivity contribution in [3.05, 3.63) is 30.6 Å². The van der Waals surface area contributed by atoms with Gasteiger partial charge in [0.2, 0.25) is 0 Å². The Bertz CT molecular complexity index is 493. The van der Waals surface area contributed by atoms with Crippen LogP contribution in [0.5, 0.6) is 0 Å². The normalized spacial score (nSPS) is 12.5. The van der Waals surface area contributed by atoms with Crippen LogP contribution in [0.4, 0.5) is 0 Å². The first-order chi connectivity index (χ1) is 7.36. The molecule has 15 heavy (non-hydrogen) atoms. The number of para-hydroxylation sites is 2. The Morgan fingerprint density at radius 2 is 2.33 bits per heavy atom. The molecule has 1 atom stereocenters. The number of nitrogens with zero attached hydrogens (tertiary/aromatic N) is 3. The summed E-state index contributed by atoms with van der Waals surface area (Å²) < 4.78 is 1.83. The summed E-state index contributed by atoms with van der Waals surface area (Å²) in [7, 11) is 0. The zero-order chi connectivity index (χ0) is 10.7. The first kappa shape index (κ1) is 9.72. The Kier molecular flexibility index (Phi) is 2.68. The molecule has 3 heteroatoms. The van der Waals surface area contributed by atoms with Gasteiger partial charge in [0.15, 0.2) is 6.33 Å². The van der Waals surface area contributed by atoms with Gasteiger partial charge in [0.05, 0.1) is 17.1 Å². The molecule has 75 valence electrons. The summed E-state index contributed by atoms with van der Waals surface area (Å²) in [5.74, 6) is 0. The second kappa shape index (κ2) is 4.14. The SMILES string of the molecule is CCCC(C#N)n1[c]nc2ccccc21. The Hall–Kier alpha value is -1.82. The van der Waals surface area contributed by atoms with Gasteiger partial charge in [-0.1, -0.05) is 25.5 Å². The number of nitriles is 1. The fourth-order valence-corrected chi connectivity index (χ4v) is 1.69. The predicted octanol–water partition coefficient (Wildman–Crippen LogP) is 2.70. The van der Waals surface area contributed by atoms with E-state index >= 15 is 0 Å². The fourth-order valence-electron chi connectivity index (χ4n) is 1.69. The number of benzene rings is 1. The van der Waals surface area contributed by atoms with Crippen LogP contribution in [0.1, 0.15) is 25.8 Å². The summed E-state index contributed by atoms with van der Waals surface area (Å²) in [6.45, 7) is 2.07. The topological polar surface area (TPSA) is 41.6 Å². The van der Waals surface area contributed by atoms with Gasteiger partial charge in [-0.3, -0.25) is 0 Å². The number of hydrogen-bond donors (Lipinski definition) is 0. The highest BCUT2D eigenvalue weighted by Crippen LogP contribution is 2.19. The first-order valence-corrected chi connectivity index (χ1v) is 5.11. The van der Waals surface area contributed by atoms with Crippen molar-refractivity contribution in [2.45, 2.75) is 25.8 Å². The van der Waals surface area contributed by atoms with Crippen LogP contribution in [-0.2, 0) is 0 Å². The van der Waals surface area contributed by atoms with Crippen molar-refractivity contribution in [1.29, 1.82) is 5.26 Å². The molecular formula is C12H12N3. The lowest BCUT2D eigenvalue weighted by atomic mass is 10.2. The van der Waals surface area contributed by atoms with Crippen LogP contribution in [-0.4, -0.2) is 9.55 Å². The Balaban J connectivity index is 2.47. The van der Waals surface area contributed by atoms with Gasteiger partial charge in [-0.2, -0.15) is 5.26 Å². The average Bonchev–Trinajstić information content (AvgIpc) is 2.70. The number of fused-ring (bicyclic) bond motifs is 1. The molecule has 0 fully saturated rings. The zero-order valence-corrected chi connectivity index (χ0v) is 8.64. The summed E-state index contributed by atoms with van der Waals surface area (Å²) in [6, 6.07) is 9.94. The second-order valence-corrected chi connectivity index (χ2v) is 3.50. The molecule has 1 aromatic heterocycles. The third kappa shape index (κ3) is 1.71. The molecule has 1 heterocycles. The first-order valence-electron chi connectivity index (χ1n) is 5.11. The van der Waals surface area contributed by atoms with Gasteiger partial charge in [0, 0.05) is 0 Å². The summed E-state index contributed by atoms with van der Waals surface area (Å²) in [6.07, 6.45) is 4.72. The minimum atomic E-state index is -0.151. The van der Waals surface area contributed by atoms with Crippen LogP contribution < -0.4 is 0 Å². The molecule has 0 saturated carbocycles. The van der Waals surface area contributed by atoms with Crippen LogP contribution >= 0.6 is 0 Å². The highest BCUT2D eigenvalue weighted by Gasteiger charge is 2.11. The van der Waals surface area contributed by atoms with E-state index < -0.39 is 0 Å². The van der Waals surface area contributed by atoms with E-state index in [0.717, 1.165) is 23.9 Å². The summed E-state index contributed by atoms with van der Waals surface area (Å²) in [5, 5.41) is 9.07. The number of aromatic nitrogens is 2. The van der Waals surface area contributed by atoms with Crippen LogP contribution in [0, 0.1) is 17.7 Å². The van der Waals surface area contributed by atoms with Gasteiger partial charge in [-0.25, -0.2) is 4.98 Å². The van der Waals surface area contributed by atoms with E-state index in [4.69, 9.17) is 5.26 Å². The molecular weight excluding hydrogens is 186 g/mol. The van der Waals surface area contributed by atoms with Gasteiger partial charge in [-0.15, -0.1) is 0 Å². The van der Waals surface area contributed by atoms with Crippen molar-refractivity contribution in [2.75, 3.05) is 0 Å². The van der Waals surface area contributed by atoms with Crippen LogP contribution in [0.3, 0.4) is 0 Å². The van der Waals surface area contributed by atoms with Crippen LogP contribution in [0.15, 0.2) is 24.3 Å². The number of hydrogen-bond acceptors (Lipinski definition) is 2. The van der Waals surface area contributed by atoms with E-state index in [0.29, 0.717) is 0 Å². The van der Waals surface area contributed by atoms with Gasteiger partial charge in [0.1, 0.15) is 6.04 Å². The van der Waals surface area contributed by atoms with E-state index in [2.05, 4.69) is 24.3 Å². The van der Waals surface area contributed by atoms with E-state index in [9.17, 15) is 0 Å². The molecule has 1 unspecified atom stereocenters. The van der Waals surface area contributed by atoms with Crippen molar-refractivity contribution < 1.29 is 0 Å². The molecule has 2 aromatic rings. The highest BCUT2D eigenvalue weighted by molar-refractivity contribution is 5.75. The predicted molar refractivity (Wildman–Crippen MR) is 58.1 cm³/mol. The summed E-state index contributed by atoms with van der Waals surface area (Å²) >= 11 is 0. The Labute approximate surface area is 89.0 Å². The lowest BCUT2D eigenvalue weighted by molar-refractivity contribution is 0.569. The van der Waals surface area contributed by atoms with Crippen molar-refractivity contribution in [2.24, 2.45) is 0 Å². The number of imidazole rings is 1. The smallest absolute Gasteiger partial charge is 0.178 e. The highest BCUT2D eigenvalue weighted by atomic mass is 15.1. The quantitative estimate of drug-likeness (QED) is 0.760. The third-order valence-corrected chi connectivity index (χ3v) is 2.44. The van der Waals surface area contributed by atoms with Gasteiger partial charge < -0.3 is 4.57 Å². The maximum atomic E-state index is 9.07. The zero-order valence-electron chi connectivity index (χ0n) is 8.64. The molecule has 1 aromatic carbocycles. The molecule has 0 aliphatic rings. The van der Waals surface area contributed by atoms with Gasteiger partial charge in [0.25, 0.3) is 0 Å². The molecule has 0 spiro atoms. The van der Waals surface area contributed by atoms with Crippen molar-refractivity contribution in [3.63, 3.8) is 0 Å². The van der Waals surface area contributed by atoms with Crippen molar-refractivity contribution in [1.82, 2.24) is 9.55 Å². The van der Waals surface area contributed by atoms with Crippen molar-refractivity contribution >= 4 is 11.0 Å². The van der Waals surface area contributed by atoms with E-state index in [-0.39, 0.29) is 6.04 Å². The van der Waals surface area contributed by atoms with E-state index in [1.54, 1.807) is 0 Å². The molecule has 0 amide bonds. The lowest BCUT2D eigenvalue weighted by Crippen LogP contribution is -2.05. The molecule has 0 bridgehead atoms. The molecule has 1 radical (unpaired) electrons. The maximum absolute atomic E-state index is 9.07. The lowest BCUT2D eigenvalue weighted by Gasteiger charge is -2.09. The molecule has 0 aliphatic carbocycles. The van der Waals surface area contributed by atoms with Crippen molar-refractivity contribution in [3.8, 4) is 6.07 Å². The Morgan fingerprint density at radius 1 is 1.53 bits per heavy atom. The van der Waals surface area contributed by atoms with Crippen LogP contribution in [0.2, 0.25) is 0 Å². The average molecular weight is 198 g/mol. The van der Waals surface area contributed by atoms with Crippen LogP contribution in [0.25, 0.3) is 11.0 Å². The molecule has 2 rings (SSSR count). The minimum absolute atomic E-state index is 0.151. The molecule has 3 nitrogen and oxygen atoms in total. The minimum Gasteiger partial charge on any atom is -0.305 e. The Morgan fingerprint density at radius 3 is 3.07 bits per heavy atom.